The van der Waals surface area contributed by atoms with E-state index in [1.165, 1.54) is 12.5 Å². The Balaban J connectivity index is 2.77. The lowest BCUT2D eigenvalue weighted by Crippen LogP contribution is -2.55. The summed E-state index contributed by atoms with van der Waals surface area (Å²) < 4.78 is 0. The van der Waals surface area contributed by atoms with Gasteiger partial charge in [-0.05, 0) is 6.42 Å². The van der Waals surface area contributed by atoms with E-state index in [2.05, 4.69) is 20.6 Å². The van der Waals surface area contributed by atoms with E-state index in [-0.39, 0.29) is 19.3 Å². The first kappa shape index (κ1) is 22.6. The summed E-state index contributed by atoms with van der Waals surface area (Å²) >= 11 is 0. The van der Waals surface area contributed by atoms with Gasteiger partial charge in [0, 0.05) is 24.7 Å². The molecule has 0 saturated carbocycles. The van der Waals surface area contributed by atoms with E-state index < -0.39 is 54.1 Å². The molecule has 13 heteroatoms. The molecule has 0 fully saturated rings. The molecule has 1 rings (SSSR count). The van der Waals surface area contributed by atoms with E-state index >= 15 is 0 Å². The van der Waals surface area contributed by atoms with Crippen LogP contribution in [0.2, 0.25) is 0 Å². The van der Waals surface area contributed by atoms with Crippen molar-refractivity contribution in [1.82, 2.24) is 20.6 Å². The van der Waals surface area contributed by atoms with Crippen LogP contribution in [0, 0.1) is 0 Å². The first-order chi connectivity index (χ1) is 13.1. The molecule has 0 spiro atoms. The lowest BCUT2D eigenvalue weighted by molar-refractivity contribution is -0.142. The highest BCUT2D eigenvalue weighted by atomic mass is 16.4. The van der Waals surface area contributed by atoms with Gasteiger partial charge >= 0.3 is 5.97 Å². The smallest absolute Gasteiger partial charge is 0.326 e. The third-order valence-corrected chi connectivity index (χ3v) is 3.66. The standard InChI is InChI=1S/C15H23N7O6/c16-8(3-7-5-19-6-20-7)13(25)22-10(4-12(18)24)14(26)21-9(15(27)28)1-2-11(17)23/h5-6,8-10H,1-4,16H2,(H2,17,23)(H2,18,24)(H,19,20)(H,21,26)(H,22,25)(H,27,28). The van der Waals surface area contributed by atoms with Crippen LogP contribution in [0.4, 0.5) is 0 Å². The lowest BCUT2D eigenvalue weighted by Gasteiger charge is -2.22. The van der Waals surface area contributed by atoms with Crippen molar-refractivity contribution in [1.29, 1.82) is 0 Å². The molecule has 0 bridgehead atoms. The van der Waals surface area contributed by atoms with Gasteiger partial charge in [0.05, 0.1) is 18.8 Å². The van der Waals surface area contributed by atoms with Crippen molar-refractivity contribution in [3.05, 3.63) is 18.2 Å². The van der Waals surface area contributed by atoms with E-state index in [9.17, 15) is 24.0 Å². The lowest BCUT2D eigenvalue weighted by atomic mass is 10.1. The molecule has 0 aliphatic carbocycles. The highest BCUT2D eigenvalue weighted by molar-refractivity contribution is 5.94. The van der Waals surface area contributed by atoms with Crippen LogP contribution in [0.25, 0.3) is 0 Å². The maximum atomic E-state index is 12.3. The molecule has 3 unspecified atom stereocenters. The Kier molecular flexibility index (Phi) is 8.55. The van der Waals surface area contributed by atoms with E-state index in [0.29, 0.717) is 5.69 Å². The molecule has 10 N–H and O–H groups in total. The highest BCUT2D eigenvalue weighted by Crippen LogP contribution is 2.02. The Morgan fingerprint density at radius 1 is 1.07 bits per heavy atom. The Morgan fingerprint density at radius 2 is 1.71 bits per heavy atom. The number of hydrogen-bond acceptors (Lipinski definition) is 7. The summed E-state index contributed by atoms with van der Waals surface area (Å²) in [7, 11) is 0. The zero-order valence-corrected chi connectivity index (χ0v) is 14.9. The van der Waals surface area contributed by atoms with Crippen LogP contribution in [-0.4, -0.2) is 62.8 Å². The number of imidazole rings is 1. The van der Waals surface area contributed by atoms with Crippen molar-refractivity contribution in [3.8, 4) is 0 Å². The first-order valence-electron chi connectivity index (χ1n) is 8.23. The summed E-state index contributed by atoms with van der Waals surface area (Å²) in [6, 6.07) is -3.94. The largest absolute Gasteiger partial charge is 0.480 e. The summed E-state index contributed by atoms with van der Waals surface area (Å²) in [5.41, 5.74) is 16.4. The maximum absolute atomic E-state index is 12.3. The molecule has 3 atom stereocenters. The zero-order chi connectivity index (χ0) is 21.3. The predicted molar refractivity (Wildman–Crippen MR) is 94.0 cm³/mol. The highest BCUT2D eigenvalue weighted by Gasteiger charge is 2.29. The molecule has 0 aliphatic rings. The number of H-pyrrole nitrogens is 1. The molecular weight excluding hydrogens is 374 g/mol. The summed E-state index contributed by atoms with van der Waals surface area (Å²) in [6.07, 6.45) is 1.86. The number of aliphatic carboxylic acids is 1. The maximum Gasteiger partial charge on any atom is 0.326 e. The average molecular weight is 397 g/mol. The summed E-state index contributed by atoms with van der Waals surface area (Å²) in [5.74, 6) is -4.76. The van der Waals surface area contributed by atoms with Crippen molar-refractivity contribution in [2.75, 3.05) is 0 Å². The van der Waals surface area contributed by atoms with Crippen molar-refractivity contribution in [2.45, 2.75) is 43.8 Å². The van der Waals surface area contributed by atoms with Crippen molar-refractivity contribution >= 4 is 29.6 Å². The normalized spacial score (nSPS) is 13.8. The van der Waals surface area contributed by atoms with Crippen molar-refractivity contribution < 1.29 is 29.1 Å². The molecular formula is C15H23N7O6. The van der Waals surface area contributed by atoms with Crippen LogP contribution < -0.4 is 27.8 Å². The zero-order valence-electron chi connectivity index (χ0n) is 14.9. The molecule has 0 aliphatic heterocycles. The van der Waals surface area contributed by atoms with Gasteiger partial charge in [-0.2, -0.15) is 0 Å². The van der Waals surface area contributed by atoms with Crippen LogP contribution in [0.1, 0.15) is 25.0 Å². The molecule has 28 heavy (non-hydrogen) atoms. The van der Waals surface area contributed by atoms with Crippen LogP contribution in [0.3, 0.4) is 0 Å². The van der Waals surface area contributed by atoms with E-state index in [4.69, 9.17) is 22.3 Å². The fourth-order valence-electron chi connectivity index (χ4n) is 2.23. The number of nitrogens with zero attached hydrogens (tertiary/aromatic N) is 1. The third-order valence-electron chi connectivity index (χ3n) is 3.66. The number of carbonyl (C=O) groups is 5. The number of primary amides is 2. The summed E-state index contributed by atoms with van der Waals surface area (Å²) in [5, 5.41) is 13.6. The SMILES string of the molecule is NC(=O)CCC(NC(=O)C(CC(N)=O)NC(=O)C(N)Cc1cnc[nH]1)C(=O)O. The fourth-order valence-corrected chi connectivity index (χ4v) is 2.23. The molecule has 1 aromatic heterocycles. The molecule has 1 heterocycles. The van der Waals surface area contributed by atoms with Crippen LogP contribution >= 0.6 is 0 Å². The van der Waals surface area contributed by atoms with Gasteiger partial charge in [0.25, 0.3) is 0 Å². The van der Waals surface area contributed by atoms with Gasteiger partial charge < -0.3 is 37.9 Å². The van der Waals surface area contributed by atoms with Crippen LogP contribution in [0.5, 0.6) is 0 Å². The molecule has 154 valence electrons. The molecule has 0 aromatic carbocycles. The number of nitrogens with two attached hydrogens (primary N) is 3. The van der Waals surface area contributed by atoms with Crippen LogP contribution in [-0.2, 0) is 30.4 Å². The molecule has 0 saturated heterocycles. The summed E-state index contributed by atoms with van der Waals surface area (Å²) in [6.45, 7) is 0. The molecule has 1 aromatic rings. The predicted octanol–water partition coefficient (Wildman–Crippen LogP) is -3.53. The number of carboxylic acid groups (broad SMARTS) is 1. The average Bonchev–Trinajstić information content (AvgIpc) is 3.09. The van der Waals surface area contributed by atoms with Gasteiger partial charge in [-0.1, -0.05) is 0 Å². The third kappa shape index (κ3) is 7.82. The monoisotopic (exact) mass is 397 g/mol. The number of aromatic amines is 1. The second-order valence-corrected chi connectivity index (χ2v) is 6.02. The number of rotatable bonds is 12. The van der Waals surface area contributed by atoms with E-state index in [1.54, 1.807) is 0 Å². The molecule has 0 radical (unpaired) electrons. The number of amides is 4. The second kappa shape index (κ2) is 10.6. The van der Waals surface area contributed by atoms with E-state index in [1.807, 2.05) is 0 Å². The second-order valence-electron chi connectivity index (χ2n) is 6.02. The van der Waals surface area contributed by atoms with Gasteiger partial charge in [-0.3, -0.25) is 19.2 Å². The van der Waals surface area contributed by atoms with Gasteiger partial charge in [0.15, 0.2) is 0 Å². The number of hydrogen-bond donors (Lipinski definition) is 7. The van der Waals surface area contributed by atoms with Gasteiger partial charge in [-0.15, -0.1) is 0 Å². The number of aromatic nitrogens is 2. The summed E-state index contributed by atoms with van der Waals surface area (Å²) in [4.78, 5) is 64.4. The Bertz CT molecular complexity index is 720. The first-order valence-corrected chi connectivity index (χ1v) is 8.23. The number of nitrogens with one attached hydrogen (secondary N) is 3. The van der Waals surface area contributed by atoms with Gasteiger partial charge in [-0.25, -0.2) is 9.78 Å². The van der Waals surface area contributed by atoms with Crippen molar-refractivity contribution in [3.63, 3.8) is 0 Å². The minimum absolute atomic E-state index is 0.0904. The van der Waals surface area contributed by atoms with Crippen molar-refractivity contribution in [2.24, 2.45) is 17.2 Å². The fraction of sp³-hybridized carbons (Fsp3) is 0.467. The Hall–Kier alpha value is -3.48. The van der Waals surface area contributed by atoms with Gasteiger partial charge in [0.1, 0.15) is 12.1 Å². The quantitative estimate of drug-likeness (QED) is 0.186. The number of carboxylic acids is 1. The minimum Gasteiger partial charge on any atom is -0.480 e. The molecule has 13 nitrogen and oxygen atoms in total. The molecule has 4 amide bonds. The minimum atomic E-state index is -1.44. The van der Waals surface area contributed by atoms with E-state index in [0.717, 1.165) is 0 Å². The topological polar surface area (TPSA) is 236 Å². The van der Waals surface area contributed by atoms with Gasteiger partial charge in [0.2, 0.25) is 23.6 Å². The Morgan fingerprint density at radius 3 is 2.21 bits per heavy atom. The van der Waals surface area contributed by atoms with Crippen LogP contribution in [0.15, 0.2) is 12.5 Å². The Labute approximate surface area is 159 Å². The number of carbonyl (C=O) groups excluding carboxylic acids is 4.